The predicted octanol–water partition coefficient (Wildman–Crippen LogP) is 1.72. The van der Waals surface area contributed by atoms with E-state index in [1.54, 1.807) is 0 Å². The lowest BCUT2D eigenvalue weighted by atomic mass is 10.0. The molecule has 146 valence electrons. The van der Waals surface area contributed by atoms with Crippen molar-refractivity contribution in [3.8, 4) is 0 Å². The first-order valence-electron chi connectivity index (χ1n) is 8.26. The molecular weight excluding hydrogens is 367 g/mol. The summed E-state index contributed by atoms with van der Waals surface area (Å²) in [6.45, 7) is 1.47. The third kappa shape index (κ3) is 3.75. The first-order chi connectivity index (χ1) is 12.6. The van der Waals surface area contributed by atoms with E-state index in [2.05, 4.69) is 10.3 Å². The minimum atomic E-state index is -4.61. The van der Waals surface area contributed by atoms with Crippen LogP contribution in [0.1, 0.15) is 28.2 Å². The number of hydrogen-bond donors (Lipinski definition) is 2. The minimum Gasteiger partial charge on any atom is -0.433 e. The molecule has 2 N–H and O–H groups in total. The number of β-amino-alcohol motifs (C(OH)–C–C–N with tert-alkyl or cyclic N) is 1. The van der Waals surface area contributed by atoms with Gasteiger partial charge in [0, 0.05) is 38.2 Å². The van der Waals surface area contributed by atoms with E-state index in [0.717, 1.165) is 12.1 Å². The van der Waals surface area contributed by atoms with E-state index in [9.17, 15) is 27.9 Å². The molecule has 1 aliphatic heterocycles. The fourth-order valence-corrected chi connectivity index (χ4v) is 3.19. The van der Waals surface area contributed by atoms with Crippen molar-refractivity contribution in [3.05, 3.63) is 29.2 Å². The Bertz CT molecular complexity index is 893. The lowest BCUT2D eigenvalue weighted by Crippen LogP contribution is -2.29. The zero-order chi connectivity index (χ0) is 19.9. The maximum Gasteiger partial charge on any atom is 0.417 e. The number of aryl methyl sites for hydroxylation is 1. The lowest BCUT2D eigenvalue weighted by Gasteiger charge is -2.14. The van der Waals surface area contributed by atoms with E-state index in [4.69, 9.17) is 4.42 Å². The molecule has 0 saturated carbocycles. The molecular formula is C17H18F3N3O4. The van der Waals surface area contributed by atoms with Crippen molar-refractivity contribution in [2.45, 2.75) is 25.6 Å². The SMILES string of the molecule is CNC(=O)C[C@@H]1CN(C(=O)c2cc3c(C(F)(F)F)cc(C)nc3o2)C[C@H]1O. The van der Waals surface area contributed by atoms with Gasteiger partial charge < -0.3 is 19.7 Å². The molecule has 0 unspecified atom stereocenters. The van der Waals surface area contributed by atoms with Crippen LogP contribution in [0.3, 0.4) is 0 Å². The summed E-state index contributed by atoms with van der Waals surface area (Å²) >= 11 is 0. The molecule has 0 bridgehead atoms. The normalized spacial score (nSPS) is 20.3. The standard InChI is InChI=1S/C17H18F3N3O4/c1-8-3-11(17(18,19)20)10-5-13(27-15(10)22-8)16(26)23-6-9(12(24)7-23)4-14(25)21-2/h3,5,9,12,24H,4,6-7H2,1-2H3,(H,21,25)/t9-,12-/m1/s1. The number of likely N-dealkylation sites (tertiary alicyclic amines) is 1. The summed E-state index contributed by atoms with van der Waals surface area (Å²) < 4.78 is 45.0. The second-order valence-corrected chi connectivity index (χ2v) is 6.55. The van der Waals surface area contributed by atoms with Gasteiger partial charge >= 0.3 is 6.18 Å². The van der Waals surface area contributed by atoms with Gasteiger partial charge in [0.2, 0.25) is 11.6 Å². The summed E-state index contributed by atoms with van der Waals surface area (Å²) in [5, 5.41) is 12.2. The van der Waals surface area contributed by atoms with E-state index in [1.807, 2.05) is 0 Å². The van der Waals surface area contributed by atoms with Gasteiger partial charge in [-0.25, -0.2) is 4.98 Å². The fraction of sp³-hybridized carbons (Fsp3) is 0.471. The highest BCUT2D eigenvalue weighted by atomic mass is 19.4. The molecule has 0 aliphatic carbocycles. The van der Waals surface area contributed by atoms with Gasteiger partial charge in [0.1, 0.15) is 0 Å². The van der Waals surface area contributed by atoms with Crippen molar-refractivity contribution >= 4 is 22.9 Å². The zero-order valence-electron chi connectivity index (χ0n) is 14.6. The van der Waals surface area contributed by atoms with Crippen molar-refractivity contribution < 1.29 is 32.3 Å². The number of furan rings is 1. The van der Waals surface area contributed by atoms with Gasteiger partial charge in [-0.15, -0.1) is 0 Å². The molecule has 0 radical (unpaired) electrons. The summed E-state index contributed by atoms with van der Waals surface area (Å²) in [6.07, 6.45) is -5.47. The number of nitrogens with one attached hydrogen (secondary N) is 1. The Morgan fingerprint density at radius 3 is 2.70 bits per heavy atom. The Morgan fingerprint density at radius 2 is 2.07 bits per heavy atom. The molecule has 2 aromatic rings. The van der Waals surface area contributed by atoms with Crippen LogP contribution in [0.2, 0.25) is 0 Å². The van der Waals surface area contributed by atoms with Crippen LogP contribution in [0.15, 0.2) is 16.5 Å². The third-order valence-corrected chi connectivity index (χ3v) is 4.57. The van der Waals surface area contributed by atoms with E-state index < -0.39 is 29.7 Å². The Hall–Kier alpha value is -2.62. The summed E-state index contributed by atoms with van der Waals surface area (Å²) in [6, 6.07) is 1.91. The van der Waals surface area contributed by atoms with E-state index >= 15 is 0 Å². The number of aromatic nitrogens is 1. The Labute approximate surface area is 152 Å². The monoisotopic (exact) mass is 385 g/mol. The Morgan fingerprint density at radius 1 is 1.37 bits per heavy atom. The van der Waals surface area contributed by atoms with Gasteiger partial charge in [-0.1, -0.05) is 0 Å². The van der Waals surface area contributed by atoms with Crippen LogP contribution in [0.4, 0.5) is 13.2 Å². The van der Waals surface area contributed by atoms with Crippen LogP contribution in [-0.4, -0.2) is 53.0 Å². The predicted molar refractivity (Wildman–Crippen MR) is 87.8 cm³/mol. The number of hydrogen-bond acceptors (Lipinski definition) is 5. The minimum absolute atomic E-state index is 0.0316. The highest BCUT2D eigenvalue weighted by molar-refractivity contribution is 5.96. The number of amides is 2. The molecule has 0 aromatic carbocycles. The smallest absolute Gasteiger partial charge is 0.417 e. The van der Waals surface area contributed by atoms with E-state index in [-0.39, 0.29) is 48.0 Å². The van der Waals surface area contributed by atoms with Crippen LogP contribution >= 0.6 is 0 Å². The van der Waals surface area contributed by atoms with Gasteiger partial charge in [0.25, 0.3) is 5.91 Å². The highest BCUT2D eigenvalue weighted by Gasteiger charge is 2.38. The number of carbonyl (C=O) groups is 2. The quantitative estimate of drug-likeness (QED) is 0.839. The van der Waals surface area contributed by atoms with Gasteiger partial charge in [-0.2, -0.15) is 13.2 Å². The Kier molecular flexibility index (Phi) is 4.85. The number of aliphatic hydroxyl groups is 1. The largest absolute Gasteiger partial charge is 0.433 e. The zero-order valence-corrected chi connectivity index (χ0v) is 14.6. The van der Waals surface area contributed by atoms with Crippen molar-refractivity contribution in [1.82, 2.24) is 15.2 Å². The van der Waals surface area contributed by atoms with E-state index in [1.165, 1.54) is 18.9 Å². The molecule has 27 heavy (non-hydrogen) atoms. The van der Waals surface area contributed by atoms with Crippen molar-refractivity contribution in [2.75, 3.05) is 20.1 Å². The van der Waals surface area contributed by atoms with Crippen molar-refractivity contribution in [3.63, 3.8) is 0 Å². The average molecular weight is 385 g/mol. The summed E-state index contributed by atoms with van der Waals surface area (Å²) in [5.74, 6) is -1.67. The molecule has 1 saturated heterocycles. The molecule has 0 spiro atoms. The first-order valence-corrected chi connectivity index (χ1v) is 8.26. The third-order valence-electron chi connectivity index (χ3n) is 4.57. The molecule has 3 heterocycles. The molecule has 2 aromatic heterocycles. The number of fused-ring (bicyclic) bond motifs is 1. The molecule has 1 aliphatic rings. The van der Waals surface area contributed by atoms with Crippen molar-refractivity contribution in [1.29, 1.82) is 0 Å². The molecule has 7 nitrogen and oxygen atoms in total. The second-order valence-electron chi connectivity index (χ2n) is 6.55. The maximum atomic E-state index is 13.2. The molecule has 10 heteroatoms. The summed E-state index contributed by atoms with van der Waals surface area (Å²) in [5.41, 5.74) is -1.08. The van der Waals surface area contributed by atoms with Gasteiger partial charge in [0.15, 0.2) is 5.76 Å². The van der Waals surface area contributed by atoms with Crippen molar-refractivity contribution in [2.24, 2.45) is 5.92 Å². The number of rotatable bonds is 3. The van der Waals surface area contributed by atoms with Crippen LogP contribution in [0, 0.1) is 12.8 Å². The summed E-state index contributed by atoms with van der Waals surface area (Å²) in [4.78, 5) is 29.3. The van der Waals surface area contributed by atoms with Crippen LogP contribution in [0.5, 0.6) is 0 Å². The second kappa shape index (κ2) is 6.84. The highest BCUT2D eigenvalue weighted by Crippen LogP contribution is 2.36. The molecule has 2 amide bonds. The van der Waals surface area contributed by atoms with Gasteiger partial charge in [-0.05, 0) is 19.1 Å². The first kappa shape index (κ1) is 19.2. The lowest BCUT2D eigenvalue weighted by molar-refractivity contribution is -0.136. The van der Waals surface area contributed by atoms with Crippen LogP contribution < -0.4 is 5.32 Å². The van der Waals surface area contributed by atoms with Gasteiger partial charge in [0.05, 0.1) is 17.1 Å². The fourth-order valence-electron chi connectivity index (χ4n) is 3.19. The number of nitrogens with zero attached hydrogens (tertiary/aromatic N) is 2. The average Bonchev–Trinajstić information content (AvgIpc) is 3.16. The van der Waals surface area contributed by atoms with E-state index in [0.29, 0.717) is 0 Å². The number of halogens is 3. The summed E-state index contributed by atoms with van der Waals surface area (Å²) in [7, 11) is 1.47. The number of alkyl halides is 3. The topological polar surface area (TPSA) is 95.7 Å². The number of aliphatic hydroxyl groups excluding tert-OH is 1. The van der Waals surface area contributed by atoms with Gasteiger partial charge in [-0.3, -0.25) is 9.59 Å². The molecule has 2 atom stereocenters. The molecule has 3 rings (SSSR count). The number of pyridine rings is 1. The van der Waals surface area contributed by atoms with Crippen LogP contribution in [-0.2, 0) is 11.0 Å². The number of carbonyl (C=O) groups excluding carboxylic acids is 2. The maximum absolute atomic E-state index is 13.2. The molecule has 1 fully saturated rings. The van der Waals surface area contributed by atoms with Crippen LogP contribution in [0.25, 0.3) is 11.1 Å². The Balaban J connectivity index is 1.88.